The smallest absolute Gasteiger partial charge is 0.251 e. The maximum atomic E-state index is 12.2. The van der Waals surface area contributed by atoms with E-state index in [-0.39, 0.29) is 5.91 Å². The molecule has 0 fully saturated rings. The predicted molar refractivity (Wildman–Crippen MR) is 90.5 cm³/mol. The molecule has 2 aromatic heterocycles. The largest absolute Gasteiger partial charge is 0.352 e. The van der Waals surface area contributed by atoms with Crippen LogP contribution < -0.4 is 5.32 Å². The molecule has 3 aromatic rings. The van der Waals surface area contributed by atoms with E-state index in [0.717, 1.165) is 22.3 Å². The van der Waals surface area contributed by atoms with Crippen molar-refractivity contribution in [3.8, 4) is 0 Å². The summed E-state index contributed by atoms with van der Waals surface area (Å²) in [4.78, 5) is 16.4. The van der Waals surface area contributed by atoms with Crippen LogP contribution in [0.5, 0.6) is 0 Å². The first-order chi connectivity index (χ1) is 10.6. The van der Waals surface area contributed by atoms with Crippen LogP contribution in [0.15, 0.2) is 42.0 Å². The third-order valence-electron chi connectivity index (χ3n) is 3.65. The lowest BCUT2D eigenvalue weighted by atomic mass is 10.1. The van der Waals surface area contributed by atoms with Gasteiger partial charge >= 0.3 is 0 Å². The lowest BCUT2D eigenvalue weighted by molar-refractivity contribution is 0.0954. The van der Waals surface area contributed by atoms with E-state index >= 15 is 0 Å². The summed E-state index contributed by atoms with van der Waals surface area (Å²) in [6, 6.07) is 8.33. The summed E-state index contributed by atoms with van der Waals surface area (Å²) in [6.45, 7) is 4.91. The van der Waals surface area contributed by atoms with E-state index in [2.05, 4.69) is 41.0 Å². The van der Waals surface area contributed by atoms with Crippen molar-refractivity contribution >= 4 is 28.1 Å². The fraction of sp³-hybridized carbons (Fsp3) is 0.294. The summed E-state index contributed by atoms with van der Waals surface area (Å²) >= 11 is 1.61. The van der Waals surface area contributed by atoms with Gasteiger partial charge in [0, 0.05) is 53.2 Å². The lowest BCUT2D eigenvalue weighted by Gasteiger charge is -2.09. The van der Waals surface area contributed by atoms with Crippen molar-refractivity contribution in [3.63, 3.8) is 0 Å². The molecule has 0 bridgehead atoms. The van der Waals surface area contributed by atoms with Crippen molar-refractivity contribution in [2.75, 3.05) is 6.54 Å². The zero-order valence-corrected chi connectivity index (χ0v) is 13.6. The first-order valence-electron chi connectivity index (χ1n) is 7.42. The molecule has 114 valence electrons. The van der Waals surface area contributed by atoms with Gasteiger partial charge in [0.1, 0.15) is 0 Å². The lowest BCUT2D eigenvalue weighted by Crippen LogP contribution is -2.25. The second kappa shape index (κ2) is 6.32. The maximum absolute atomic E-state index is 12.2. The highest BCUT2D eigenvalue weighted by molar-refractivity contribution is 7.09. The van der Waals surface area contributed by atoms with E-state index < -0.39 is 0 Å². The number of nitrogens with zero attached hydrogens (tertiary/aromatic N) is 2. The van der Waals surface area contributed by atoms with Gasteiger partial charge in [0.2, 0.25) is 0 Å². The molecule has 1 aromatic carbocycles. The van der Waals surface area contributed by atoms with Gasteiger partial charge in [0.05, 0.1) is 5.01 Å². The molecular weight excluding hydrogens is 294 g/mol. The molecule has 1 amide bonds. The molecule has 1 N–H and O–H groups in total. The molecule has 0 radical (unpaired) electrons. The van der Waals surface area contributed by atoms with E-state index in [0.29, 0.717) is 18.2 Å². The Morgan fingerprint density at radius 2 is 2.23 bits per heavy atom. The number of hydrogen-bond donors (Lipinski definition) is 1. The quantitative estimate of drug-likeness (QED) is 0.781. The summed E-state index contributed by atoms with van der Waals surface area (Å²) in [7, 11) is 0. The Kier molecular flexibility index (Phi) is 4.24. The van der Waals surface area contributed by atoms with Gasteiger partial charge in [-0.2, -0.15) is 0 Å². The van der Waals surface area contributed by atoms with Crippen LogP contribution >= 0.6 is 11.3 Å². The van der Waals surface area contributed by atoms with Gasteiger partial charge in [-0.25, -0.2) is 4.98 Å². The van der Waals surface area contributed by atoms with Gasteiger partial charge in [-0.15, -0.1) is 11.3 Å². The maximum Gasteiger partial charge on any atom is 0.251 e. The Morgan fingerprint density at radius 3 is 2.95 bits per heavy atom. The Morgan fingerprint density at radius 1 is 1.36 bits per heavy atom. The first kappa shape index (κ1) is 14.8. The monoisotopic (exact) mass is 313 g/mol. The Bertz CT molecular complexity index is 774. The summed E-state index contributed by atoms with van der Waals surface area (Å²) in [5, 5.41) is 7.05. The minimum Gasteiger partial charge on any atom is -0.352 e. The molecule has 0 aliphatic rings. The minimum absolute atomic E-state index is 0.0317. The number of rotatable bonds is 5. The number of thiazole rings is 1. The van der Waals surface area contributed by atoms with Crippen molar-refractivity contribution in [2.45, 2.75) is 26.3 Å². The predicted octanol–water partition coefficient (Wildman–Crippen LogP) is 3.65. The molecule has 3 rings (SSSR count). The summed E-state index contributed by atoms with van der Waals surface area (Å²) < 4.78 is 2.21. The SMILES string of the molecule is CC(C)n1ccc2cc(C(=O)NCCc3nccs3)ccc21. The third kappa shape index (κ3) is 3.04. The van der Waals surface area contributed by atoms with Gasteiger partial charge in [0.15, 0.2) is 0 Å². The van der Waals surface area contributed by atoms with Crippen LogP contribution in [-0.2, 0) is 6.42 Å². The molecule has 0 saturated carbocycles. The minimum atomic E-state index is -0.0317. The van der Waals surface area contributed by atoms with Gasteiger partial charge in [0.25, 0.3) is 5.91 Å². The van der Waals surface area contributed by atoms with Crippen molar-refractivity contribution in [1.82, 2.24) is 14.9 Å². The van der Waals surface area contributed by atoms with Crippen LogP contribution in [0.4, 0.5) is 0 Å². The molecular formula is C17H19N3OS. The number of aromatic nitrogens is 2. The van der Waals surface area contributed by atoms with E-state index in [1.807, 2.05) is 23.6 Å². The molecule has 2 heterocycles. The summed E-state index contributed by atoms with van der Waals surface area (Å²) in [5.41, 5.74) is 1.86. The molecule has 0 aliphatic heterocycles. The zero-order valence-electron chi connectivity index (χ0n) is 12.7. The average Bonchev–Trinajstić information content (AvgIpc) is 3.15. The Balaban J connectivity index is 1.68. The molecule has 4 nitrogen and oxygen atoms in total. The molecule has 22 heavy (non-hydrogen) atoms. The van der Waals surface area contributed by atoms with Crippen LogP contribution in [0.25, 0.3) is 10.9 Å². The van der Waals surface area contributed by atoms with Crippen LogP contribution in [0.2, 0.25) is 0 Å². The van der Waals surface area contributed by atoms with E-state index in [1.54, 1.807) is 17.5 Å². The molecule has 0 saturated heterocycles. The number of hydrogen-bond acceptors (Lipinski definition) is 3. The van der Waals surface area contributed by atoms with Crippen LogP contribution in [0.3, 0.4) is 0 Å². The highest BCUT2D eigenvalue weighted by Crippen LogP contribution is 2.21. The van der Waals surface area contributed by atoms with E-state index in [1.165, 1.54) is 0 Å². The molecule has 0 unspecified atom stereocenters. The fourth-order valence-electron chi connectivity index (χ4n) is 2.52. The second-order valence-corrected chi connectivity index (χ2v) is 6.50. The van der Waals surface area contributed by atoms with Gasteiger partial charge < -0.3 is 9.88 Å². The number of benzene rings is 1. The number of carbonyl (C=O) groups is 1. The van der Waals surface area contributed by atoms with Crippen LogP contribution in [-0.4, -0.2) is 22.0 Å². The van der Waals surface area contributed by atoms with Gasteiger partial charge in [-0.3, -0.25) is 4.79 Å². The van der Waals surface area contributed by atoms with E-state index in [9.17, 15) is 4.79 Å². The molecule has 0 spiro atoms. The number of nitrogens with one attached hydrogen (secondary N) is 1. The highest BCUT2D eigenvalue weighted by atomic mass is 32.1. The Hall–Kier alpha value is -2.14. The topological polar surface area (TPSA) is 46.9 Å². The molecule has 0 aliphatic carbocycles. The van der Waals surface area contributed by atoms with Gasteiger partial charge in [-0.1, -0.05) is 0 Å². The van der Waals surface area contributed by atoms with Crippen molar-refractivity contribution in [1.29, 1.82) is 0 Å². The van der Waals surface area contributed by atoms with Gasteiger partial charge in [-0.05, 0) is 38.1 Å². The van der Waals surface area contributed by atoms with Crippen molar-refractivity contribution < 1.29 is 4.79 Å². The standard InChI is InChI=1S/C17H19N3OS/c1-12(2)20-9-6-13-11-14(3-4-15(13)20)17(21)19-7-5-16-18-8-10-22-16/h3-4,6,8-12H,5,7H2,1-2H3,(H,19,21). The highest BCUT2D eigenvalue weighted by Gasteiger charge is 2.09. The Labute approximate surface area is 133 Å². The van der Waals surface area contributed by atoms with Crippen molar-refractivity contribution in [3.05, 3.63) is 52.6 Å². The van der Waals surface area contributed by atoms with E-state index in [4.69, 9.17) is 0 Å². The van der Waals surface area contributed by atoms with Crippen molar-refractivity contribution in [2.24, 2.45) is 0 Å². The number of carbonyl (C=O) groups excluding carboxylic acids is 1. The van der Waals surface area contributed by atoms with Crippen LogP contribution in [0, 0.1) is 0 Å². The number of fused-ring (bicyclic) bond motifs is 1. The number of amides is 1. The first-order valence-corrected chi connectivity index (χ1v) is 8.30. The third-order valence-corrected chi connectivity index (χ3v) is 4.49. The summed E-state index contributed by atoms with van der Waals surface area (Å²) in [6.07, 6.45) is 4.63. The normalized spacial score (nSPS) is 11.2. The van der Waals surface area contributed by atoms with Crippen LogP contribution in [0.1, 0.15) is 35.3 Å². The zero-order chi connectivity index (χ0) is 15.5. The fourth-order valence-corrected chi connectivity index (χ4v) is 3.14. The summed E-state index contributed by atoms with van der Waals surface area (Å²) in [5.74, 6) is -0.0317. The average molecular weight is 313 g/mol. The molecule has 5 heteroatoms. The second-order valence-electron chi connectivity index (χ2n) is 5.52. The molecule has 0 atom stereocenters.